The molecular weight excluding hydrogens is 212 g/mol. The fraction of sp³-hybridized carbons (Fsp3) is 0.286. The van der Waals surface area contributed by atoms with E-state index in [0.717, 1.165) is 11.1 Å². The molecule has 0 saturated heterocycles. The lowest BCUT2D eigenvalue weighted by atomic mass is 9.96. The Morgan fingerprint density at radius 3 is 1.59 bits per heavy atom. The van der Waals surface area contributed by atoms with Crippen molar-refractivity contribution in [3.05, 3.63) is 59.2 Å². The molecule has 0 saturated carbocycles. The number of hydrogen-bond donors (Lipinski definition) is 1. The highest BCUT2D eigenvalue weighted by Crippen LogP contribution is 2.25. The van der Waals surface area contributed by atoms with Crippen molar-refractivity contribution in [3.8, 4) is 0 Å². The number of aromatic nitrogens is 2. The topological polar surface area (TPSA) is 46.0 Å². The molecule has 0 fully saturated rings. The standard InChI is InChI=1S/C14H16N2O/c1-10-4-6-12(15-8-10)14(3,17)13-7-5-11(2)9-16-13/h4-9,17H,1-3H3. The lowest BCUT2D eigenvalue weighted by Gasteiger charge is -2.22. The lowest BCUT2D eigenvalue weighted by molar-refractivity contribution is 0.0926. The van der Waals surface area contributed by atoms with Crippen LogP contribution in [0, 0.1) is 13.8 Å². The molecule has 0 aliphatic carbocycles. The van der Waals surface area contributed by atoms with Gasteiger partial charge in [-0.15, -0.1) is 0 Å². The molecule has 3 nitrogen and oxygen atoms in total. The molecule has 0 aromatic carbocycles. The third kappa shape index (κ3) is 2.34. The van der Waals surface area contributed by atoms with E-state index in [9.17, 15) is 5.11 Å². The minimum Gasteiger partial charge on any atom is -0.377 e. The summed E-state index contributed by atoms with van der Waals surface area (Å²) in [6, 6.07) is 7.53. The van der Waals surface area contributed by atoms with Crippen LogP contribution in [0.2, 0.25) is 0 Å². The normalized spacial score (nSPS) is 11.5. The summed E-state index contributed by atoms with van der Waals surface area (Å²) in [5.74, 6) is 0. The second-order valence-corrected chi connectivity index (χ2v) is 4.51. The van der Waals surface area contributed by atoms with E-state index in [1.807, 2.05) is 38.1 Å². The largest absolute Gasteiger partial charge is 0.377 e. The quantitative estimate of drug-likeness (QED) is 0.858. The van der Waals surface area contributed by atoms with Gasteiger partial charge in [0.1, 0.15) is 5.60 Å². The van der Waals surface area contributed by atoms with E-state index < -0.39 is 5.60 Å². The molecule has 2 heterocycles. The predicted octanol–water partition coefficient (Wildman–Crippen LogP) is 2.35. The first-order chi connectivity index (χ1) is 8.00. The van der Waals surface area contributed by atoms with E-state index in [4.69, 9.17) is 0 Å². The third-order valence-electron chi connectivity index (χ3n) is 2.82. The van der Waals surface area contributed by atoms with Crippen LogP contribution in [0.15, 0.2) is 36.7 Å². The zero-order chi connectivity index (χ0) is 12.5. The fourth-order valence-electron chi connectivity index (χ4n) is 1.64. The Kier molecular flexibility index (Phi) is 2.94. The molecule has 1 N–H and O–H groups in total. The number of hydrogen-bond acceptors (Lipinski definition) is 3. The second kappa shape index (κ2) is 4.26. The molecule has 0 atom stereocenters. The van der Waals surface area contributed by atoms with Gasteiger partial charge in [-0.2, -0.15) is 0 Å². The van der Waals surface area contributed by atoms with Crippen LogP contribution >= 0.6 is 0 Å². The van der Waals surface area contributed by atoms with E-state index in [2.05, 4.69) is 9.97 Å². The first kappa shape index (κ1) is 11.7. The average molecular weight is 228 g/mol. The summed E-state index contributed by atoms with van der Waals surface area (Å²) in [4.78, 5) is 8.52. The summed E-state index contributed by atoms with van der Waals surface area (Å²) in [7, 11) is 0. The molecule has 0 aliphatic heterocycles. The van der Waals surface area contributed by atoms with Crippen LogP contribution in [0.4, 0.5) is 0 Å². The maximum atomic E-state index is 10.5. The maximum absolute atomic E-state index is 10.5. The highest BCUT2D eigenvalue weighted by Gasteiger charge is 2.28. The summed E-state index contributed by atoms with van der Waals surface area (Å²) < 4.78 is 0. The number of aryl methyl sites for hydroxylation is 2. The van der Waals surface area contributed by atoms with Gasteiger partial charge in [0.15, 0.2) is 0 Å². The van der Waals surface area contributed by atoms with Crippen molar-refractivity contribution < 1.29 is 5.11 Å². The Bertz CT molecular complexity index is 453. The monoisotopic (exact) mass is 228 g/mol. The van der Waals surface area contributed by atoms with Crippen molar-refractivity contribution in [2.24, 2.45) is 0 Å². The van der Waals surface area contributed by atoms with Gasteiger partial charge in [-0.05, 0) is 44.0 Å². The molecule has 2 aromatic rings. The van der Waals surface area contributed by atoms with Gasteiger partial charge in [-0.1, -0.05) is 12.1 Å². The van der Waals surface area contributed by atoms with Crippen LogP contribution < -0.4 is 0 Å². The highest BCUT2D eigenvalue weighted by molar-refractivity contribution is 5.28. The van der Waals surface area contributed by atoms with Crippen LogP contribution in [-0.4, -0.2) is 15.1 Å². The summed E-state index contributed by atoms with van der Waals surface area (Å²) in [6.07, 6.45) is 3.50. The molecule has 0 aliphatic rings. The Morgan fingerprint density at radius 1 is 0.882 bits per heavy atom. The molecular formula is C14H16N2O. The molecule has 0 amide bonds. The zero-order valence-electron chi connectivity index (χ0n) is 10.3. The summed E-state index contributed by atoms with van der Waals surface area (Å²) in [5.41, 5.74) is 2.21. The van der Waals surface area contributed by atoms with Gasteiger partial charge in [0, 0.05) is 12.4 Å². The second-order valence-electron chi connectivity index (χ2n) is 4.51. The van der Waals surface area contributed by atoms with E-state index in [1.54, 1.807) is 19.3 Å². The predicted molar refractivity (Wildman–Crippen MR) is 66.6 cm³/mol. The Balaban J connectivity index is 2.41. The van der Waals surface area contributed by atoms with Crippen molar-refractivity contribution in [3.63, 3.8) is 0 Å². The molecule has 88 valence electrons. The van der Waals surface area contributed by atoms with Gasteiger partial charge in [0.25, 0.3) is 0 Å². The highest BCUT2D eigenvalue weighted by atomic mass is 16.3. The number of rotatable bonds is 2. The van der Waals surface area contributed by atoms with Crippen LogP contribution in [0.25, 0.3) is 0 Å². The SMILES string of the molecule is Cc1ccc(C(C)(O)c2ccc(C)cn2)nc1. The number of pyridine rings is 2. The molecule has 2 aromatic heterocycles. The first-order valence-corrected chi connectivity index (χ1v) is 5.59. The van der Waals surface area contributed by atoms with Gasteiger partial charge in [-0.25, -0.2) is 0 Å². The van der Waals surface area contributed by atoms with Gasteiger partial charge >= 0.3 is 0 Å². The van der Waals surface area contributed by atoms with E-state index in [-0.39, 0.29) is 0 Å². The molecule has 0 spiro atoms. The summed E-state index contributed by atoms with van der Waals surface area (Å²) in [6.45, 7) is 5.65. The van der Waals surface area contributed by atoms with Crippen LogP contribution in [-0.2, 0) is 5.60 Å². The van der Waals surface area contributed by atoms with Crippen LogP contribution in [0.5, 0.6) is 0 Å². The van der Waals surface area contributed by atoms with Crippen LogP contribution in [0.1, 0.15) is 29.4 Å². The van der Waals surface area contributed by atoms with Gasteiger partial charge in [0.05, 0.1) is 11.4 Å². The minimum absolute atomic E-state index is 0.611. The molecule has 0 radical (unpaired) electrons. The van der Waals surface area contributed by atoms with Crippen molar-refractivity contribution in [2.45, 2.75) is 26.4 Å². The van der Waals surface area contributed by atoms with Crippen LogP contribution in [0.3, 0.4) is 0 Å². The molecule has 2 rings (SSSR count). The van der Waals surface area contributed by atoms with Crippen molar-refractivity contribution in [2.75, 3.05) is 0 Å². The lowest BCUT2D eigenvalue weighted by Crippen LogP contribution is -2.25. The molecule has 0 unspecified atom stereocenters. The fourth-order valence-corrected chi connectivity index (χ4v) is 1.64. The first-order valence-electron chi connectivity index (χ1n) is 5.59. The minimum atomic E-state index is -1.15. The molecule has 17 heavy (non-hydrogen) atoms. The van der Waals surface area contributed by atoms with Crippen molar-refractivity contribution in [1.29, 1.82) is 0 Å². The summed E-state index contributed by atoms with van der Waals surface area (Å²) in [5, 5.41) is 10.5. The summed E-state index contributed by atoms with van der Waals surface area (Å²) >= 11 is 0. The number of nitrogens with zero attached hydrogens (tertiary/aromatic N) is 2. The van der Waals surface area contributed by atoms with Gasteiger partial charge < -0.3 is 5.11 Å². The Hall–Kier alpha value is -1.74. The van der Waals surface area contributed by atoms with E-state index in [0.29, 0.717) is 11.4 Å². The molecule has 0 bridgehead atoms. The Morgan fingerprint density at radius 2 is 1.29 bits per heavy atom. The smallest absolute Gasteiger partial charge is 0.145 e. The Labute approximate surface area is 101 Å². The van der Waals surface area contributed by atoms with E-state index in [1.165, 1.54) is 0 Å². The van der Waals surface area contributed by atoms with Crippen molar-refractivity contribution in [1.82, 2.24) is 9.97 Å². The average Bonchev–Trinajstić information content (AvgIpc) is 2.30. The van der Waals surface area contributed by atoms with Crippen molar-refractivity contribution >= 4 is 0 Å². The molecule has 3 heteroatoms. The van der Waals surface area contributed by atoms with E-state index >= 15 is 0 Å². The zero-order valence-corrected chi connectivity index (χ0v) is 10.3. The maximum Gasteiger partial charge on any atom is 0.145 e. The van der Waals surface area contributed by atoms with Gasteiger partial charge in [0.2, 0.25) is 0 Å². The number of aliphatic hydroxyl groups is 1. The third-order valence-corrected chi connectivity index (χ3v) is 2.82. The van der Waals surface area contributed by atoms with Gasteiger partial charge in [-0.3, -0.25) is 9.97 Å².